The molecule has 0 bridgehead atoms. The predicted molar refractivity (Wildman–Crippen MR) is 51.8 cm³/mol. The zero-order valence-corrected chi connectivity index (χ0v) is 7.84. The third kappa shape index (κ3) is 1.17. The molecule has 0 saturated carbocycles. The lowest BCUT2D eigenvalue weighted by atomic mass is 9.81. The van der Waals surface area contributed by atoms with Crippen LogP contribution in [0, 0.1) is 5.92 Å². The van der Waals surface area contributed by atoms with E-state index in [1.807, 2.05) is 0 Å². The number of nitrogens with zero attached hydrogens (tertiary/aromatic N) is 1. The number of piperidine rings is 1. The van der Waals surface area contributed by atoms with Gasteiger partial charge in [-0.1, -0.05) is 12.7 Å². The first-order valence-corrected chi connectivity index (χ1v) is 4.89. The molecule has 1 nitrogen and oxygen atoms in total. The quantitative estimate of drug-likeness (QED) is 0.530. The minimum atomic E-state index is 0.836. The molecule has 66 valence electrons. The minimum absolute atomic E-state index is 0.836. The Morgan fingerprint density at radius 1 is 1.50 bits per heavy atom. The van der Waals surface area contributed by atoms with Crippen LogP contribution in [0.5, 0.6) is 0 Å². The van der Waals surface area contributed by atoms with Gasteiger partial charge >= 0.3 is 0 Å². The zero-order valence-electron chi connectivity index (χ0n) is 7.84. The van der Waals surface area contributed by atoms with Gasteiger partial charge in [0.15, 0.2) is 0 Å². The topological polar surface area (TPSA) is 3.24 Å². The van der Waals surface area contributed by atoms with Crippen molar-refractivity contribution in [3.05, 3.63) is 23.9 Å². The minimum Gasteiger partial charge on any atom is -0.375 e. The molecule has 1 heterocycles. The van der Waals surface area contributed by atoms with Gasteiger partial charge < -0.3 is 4.90 Å². The van der Waals surface area contributed by atoms with E-state index in [9.17, 15) is 0 Å². The van der Waals surface area contributed by atoms with Gasteiger partial charge in [0.05, 0.1) is 0 Å². The van der Waals surface area contributed by atoms with Gasteiger partial charge in [-0.15, -0.1) is 0 Å². The highest BCUT2D eigenvalue weighted by Gasteiger charge is 2.25. The summed E-state index contributed by atoms with van der Waals surface area (Å²) < 4.78 is 0. The third-order valence-corrected chi connectivity index (χ3v) is 3.17. The Labute approximate surface area is 74.8 Å². The molecule has 1 saturated heterocycles. The predicted octanol–water partition coefficient (Wildman–Crippen LogP) is 2.56. The van der Waals surface area contributed by atoms with Crippen LogP contribution in [-0.2, 0) is 0 Å². The summed E-state index contributed by atoms with van der Waals surface area (Å²) in [5.74, 6) is 0.836. The van der Waals surface area contributed by atoms with Gasteiger partial charge in [0.2, 0.25) is 0 Å². The van der Waals surface area contributed by atoms with Gasteiger partial charge in [0.25, 0.3) is 0 Å². The van der Waals surface area contributed by atoms with Crippen LogP contribution in [0.2, 0.25) is 0 Å². The Morgan fingerprint density at radius 3 is 3.17 bits per heavy atom. The lowest BCUT2D eigenvalue weighted by Crippen LogP contribution is -2.31. The molecule has 0 N–H and O–H groups in total. The Morgan fingerprint density at radius 2 is 2.33 bits per heavy atom. The lowest BCUT2D eigenvalue weighted by Gasteiger charge is -2.37. The van der Waals surface area contributed by atoms with Crippen molar-refractivity contribution in [1.29, 1.82) is 0 Å². The maximum absolute atomic E-state index is 4.14. The molecular weight excluding hydrogens is 146 g/mol. The summed E-state index contributed by atoms with van der Waals surface area (Å²) in [5, 5.41) is 0. The van der Waals surface area contributed by atoms with Crippen molar-refractivity contribution >= 4 is 0 Å². The number of fused-ring (bicyclic) bond motifs is 1. The van der Waals surface area contributed by atoms with Gasteiger partial charge in [-0.25, -0.2) is 0 Å². The highest BCUT2D eigenvalue weighted by Crippen LogP contribution is 2.36. The second kappa shape index (κ2) is 2.96. The summed E-state index contributed by atoms with van der Waals surface area (Å²) in [6.45, 7) is 5.33. The van der Waals surface area contributed by atoms with Gasteiger partial charge in [-0.3, -0.25) is 0 Å². The lowest BCUT2D eigenvalue weighted by molar-refractivity contribution is 0.313. The van der Waals surface area contributed by atoms with E-state index in [-0.39, 0.29) is 0 Å². The summed E-state index contributed by atoms with van der Waals surface area (Å²) in [4.78, 5) is 2.29. The van der Waals surface area contributed by atoms with Crippen molar-refractivity contribution in [2.45, 2.75) is 25.7 Å². The van der Waals surface area contributed by atoms with Crippen molar-refractivity contribution in [2.75, 3.05) is 13.6 Å². The van der Waals surface area contributed by atoms with Gasteiger partial charge in [-0.05, 0) is 37.2 Å². The third-order valence-electron chi connectivity index (χ3n) is 3.17. The van der Waals surface area contributed by atoms with Crippen molar-refractivity contribution in [3.8, 4) is 0 Å². The SMILES string of the molecule is C=C1C2=CCCCC2CCN1C. The summed E-state index contributed by atoms with van der Waals surface area (Å²) in [5.41, 5.74) is 2.81. The summed E-state index contributed by atoms with van der Waals surface area (Å²) in [7, 11) is 2.15. The first-order chi connectivity index (χ1) is 5.79. The second-order valence-corrected chi connectivity index (χ2v) is 3.94. The highest BCUT2D eigenvalue weighted by atomic mass is 15.1. The first kappa shape index (κ1) is 7.90. The molecule has 0 aromatic carbocycles. The van der Waals surface area contributed by atoms with Crippen LogP contribution in [0.25, 0.3) is 0 Å². The average Bonchev–Trinajstić information content (AvgIpc) is 2.12. The molecule has 12 heavy (non-hydrogen) atoms. The van der Waals surface area contributed by atoms with E-state index in [2.05, 4.69) is 24.6 Å². The maximum Gasteiger partial charge on any atom is 0.0322 e. The molecule has 1 aliphatic carbocycles. The fraction of sp³-hybridized carbons (Fsp3) is 0.636. The normalized spacial score (nSPS) is 29.8. The van der Waals surface area contributed by atoms with Gasteiger partial charge in [0, 0.05) is 19.3 Å². The van der Waals surface area contributed by atoms with Gasteiger partial charge in [-0.2, -0.15) is 0 Å². The van der Waals surface area contributed by atoms with Gasteiger partial charge in [0.1, 0.15) is 0 Å². The van der Waals surface area contributed by atoms with Crippen molar-refractivity contribution in [1.82, 2.24) is 4.90 Å². The molecule has 0 aromatic rings. The molecule has 2 aliphatic rings. The Balaban J connectivity index is 2.22. The molecule has 1 aliphatic heterocycles. The largest absolute Gasteiger partial charge is 0.375 e. The number of allylic oxidation sites excluding steroid dienone is 2. The molecular formula is C11H17N. The molecule has 1 unspecified atom stereocenters. The number of hydrogen-bond donors (Lipinski definition) is 0. The van der Waals surface area contributed by atoms with Crippen LogP contribution >= 0.6 is 0 Å². The molecule has 0 amide bonds. The summed E-state index contributed by atoms with van der Waals surface area (Å²) >= 11 is 0. The second-order valence-electron chi connectivity index (χ2n) is 3.94. The van der Waals surface area contributed by atoms with Crippen molar-refractivity contribution < 1.29 is 0 Å². The monoisotopic (exact) mass is 163 g/mol. The number of rotatable bonds is 0. The van der Waals surface area contributed by atoms with Crippen LogP contribution in [0.1, 0.15) is 25.7 Å². The molecule has 1 atom stereocenters. The van der Waals surface area contributed by atoms with E-state index in [1.165, 1.54) is 43.5 Å². The Kier molecular flexibility index (Phi) is 1.95. The summed E-state index contributed by atoms with van der Waals surface area (Å²) in [6, 6.07) is 0. The van der Waals surface area contributed by atoms with Crippen LogP contribution < -0.4 is 0 Å². The number of likely N-dealkylation sites (N-methyl/N-ethyl adjacent to an activating group) is 1. The van der Waals surface area contributed by atoms with E-state index in [0.29, 0.717) is 0 Å². The van der Waals surface area contributed by atoms with E-state index < -0.39 is 0 Å². The van der Waals surface area contributed by atoms with E-state index in [1.54, 1.807) is 0 Å². The van der Waals surface area contributed by atoms with Crippen LogP contribution in [0.3, 0.4) is 0 Å². The molecule has 0 aromatic heterocycles. The average molecular weight is 163 g/mol. The van der Waals surface area contributed by atoms with Crippen molar-refractivity contribution in [2.24, 2.45) is 5.92 Å². The van der Waals surface area contributed by atoms with Crippen LogP contribution in [-0.4, -0.2) is 18.5 Å². The number of likely N-dealkylation sites (tertiary alicyclic amines) is 1. The van der Waals surface area contributed by atoms with E-state index >= 15 is 0 Å². The van der Waals surface area contributed by atoms with Crippen molar-refractivity contribution in [3.63, 3.8) is 0 Å². The molecule has 1 heteroatoms. The fourth-order valence-corrected chi connectivity index (χ4v) is 2.30. The fourth-order valence-electron chi connectivity index (χ4n) is 2.30. The molecule has 1 fully saturated rings. The molecule has 0 spiro atoms. The number of hydrogen-bond acceptors (Lipinski definition) is 1. The molecule has 2 rings (SSSR count). The smallest absolute Gasteiger partial charge is 0.0322 e. The molecule has 0 radical (unpaired) electrons. The van der Waals surface area contributed by atoms with Crippen LogP contribution in [0.4, 0.5) is 0 Å². The first-order valence-electron chi connectivity index (χ1n) is 4.89. The Hall–Kier alpha value is -0.720. The zero-order chi connectivity index (χ0) is 8.55. The highest BCUT2D eigenvalue weighted by molar-refractivity contribution is 5.32. The maximum atomic E-state index is 4.14. The van der Waals surface area contributed by atoms with E-state index in [4.69, 9.17) is 0 Å². The summed E-state index contributed by atoms with van der Waals surface area (Å²) in [6.07, 6.45) is 7.76. The standard InChI is InChI=1S/C11H17N/c1-9-11-6-4-3-5-10(11)7-8-12(9)2/h6,10H,1,3-5,7-8H2,2H3. The Bertz CT molecular complexity index is 227. The van der Waals surface area contributed by atoms with E-state index in [0.717, 1.165) is 5.92 Å². The van der Waals surface area contributed by atoms with Crippen LogP contribution in [0.15, 0.2) is 23.9 Å².